The van der Waals surface area contributed by atoms with Gasteiger partial charge in [0.05, 0.1) is 13.3 Å². The van der Waals surface area contributed by atoms with Crippen molar-refractivity contribution in [2.75, 3.05) is 13.7 Å². The van der Waals surface area contributed by atoms with Crippen LogP contribution in [0.3, 0.4) is 0 Å². The minimum absolute atomic E-state index is 0.109. The molecule has 6 nitrogen and oxygen atoms in total. The van der Waals surface area contributed by atoms with E-state index in [1.54, 1.807) is 20.8 Å². The SMILES string of the molecule is COc1ccc(F)cc1C(N[S+]([O-])C(C)(C)C)c1ncc(C(F)(F)F)n1COCC[Si](C)(C)C. The second-order valence-corrected chi connectivity index (χ2v) is 17.7. The summed E-state index contributed by atoms with van der Waals surface area (Å²) < 4.78 is 82.5. The summed E-state index contributed by atoms with van der Waals surface area (Å²) in [6.45, 7) is 11.4. The average Bonchev–Trinajstić information content (AvgIpc) is 3.11. The van der Waals surface area contributed by atoms with Gasteiger partial charge in [-0.1, -0.05) is 19.6 Å². The van der Waals surface area contributed by atoms with E-state index in [4.69, 9.17) is 9.47 Å². The van der Waals surface area contributed by atoms with Crippen molar-refractivity contribution in [1.82, 2.24) is 14.3 Å². The molecule has 2 aromatic rings. The van der Waals surface area contributed by atoms with E-state index in [1.165, 1.54) is 19.2 Å². The van der Waals surface area contributed by atoms with Gasteiger partial charge in [-0.2, -0.15) is 13.2 Å². The minimum atomic E-state index is -4.70. The third-order valence-corrected chi connectivity index (χ3v) is 8.20. The number of rotatable bonds is 10. The zero-order valence-electron chi connectivity index (χ0n) is 20.5. The third kappa shape index (κ3) is 7.70. The highest BCUT2D eigenvalue weighted by molar-refractivity contribution is 7.90. The molecule has 2 atom stereocenters. The molecule has 34 heavy (non-hydrogen) atoms. The Morgan fingerprint density at radius 3 is 2.38 bits per heavy atom. The molecule has 12 heteroatoms. The molecule has 1 heterocycles. The van der Waals surface area contributed by atoms with Gasteiger partial charge in [0.15, 0.2) is 0 Å². The fraction of sp³-hybridized carbons (Fsp3) is 0.591. The van der Waals surface area contributed by atoms with Crippen LogP contribution in [-0.4, -0.2) is 40.6 Å². The molecule has 192 valence electrons. The summed E-state index contributed by atoms with van der Waals surface area (Å²) >= 11 is -1.72. The number of hydrogen-bond donors (Lipinski definition) is 1. The van der Waals surface area contributed by atoms with Crippen LogP contribution in [-0.2, 0) is 29.0 Å². The van der Waals surface area contributed by atoms with Crippen LogP contribution in [0.15, 0.2) is 24.4 Å². The van der Waals surface area contributed by atoms with Crippen LogP contribution in [0.4, 0.5) is 17.6 Å². The Bertz CT molecular complexity index is 958. The number of nitrogens with one attached hydrogen (secondary N) is 1. The van der Waals surface area contributed by atoms with Gasteiger partial charge in [0.25, 0.3) is 0 Å². The lowest BCUT2D eigenvalue weighted by Crippen LogP contribution is -2.42. The van der Waals surface area contributed by atoms with E-state index in [0.29, 0.717) is 12.8 Å². The molecular weight excluding hydrogens is 490 g/mol. The first-order chi connectivity index (χ1) is 15.5. The van der Waals surface area contributed by atoms with Crippen molar-refractivity contribution >= 4 is 19.4 Å². The molecule has 0 spiro atoms. The number of imidazole rings is 1. The predicted molar refractivity (Wildman–Crippen MR) is 127 cm³/mol. The highest BCUT2D eigenvalue weighted by Gasteiger charge is 2.40. The second-order valence-electron chi connectivity index (χ2n) is 10.1. The van der Waals surface area contributed by atoms with Gasteiger partial charge in [0, 0.05) is 31.6 Å². The summed E-state index contributed by atoms with van der Waals surface area (Å²) in [6.07, 6.45) is -4.00. The molecule has 1 aromatic carbocycles. The molecule has 0 amide bonds. The lowest BCUT2D eigenvalue weighted by Gasteiger charge is -2.29. The van der Waals surface area contributed by atoms with Gasteiger partial charge < -0.3 is 14.0 Å². The summed E-state index contributed by atoms with van der Waals surface area (Å²) in [6, 6.07) is 3.28. The molecule has 0 fully saturated rings. The van der Waals surface area contributed by atoms with Gasteiger partial charge in [-0.3, -0.25) is 4.57 Å². The first kappa shape index (κ1) is 28.6. The van der Waals surface area contributed by atoms with Gasteiger partial charge in [-0.05, 0) is 45.0 Å². The standard InChI is InChI=1S/C22H33F4N3O3SSi/c1-21(2,3)33(30)28-19(16-12-15(23)8-9-17(16)31-4)20-27-13-18(22(24,25)26)29(20)14-32-10-11-34(5,6)7/h8-9,12-13,19,28H,10-11,14H2,1-7H3. The molecule has 0 aliphatic carbocycles. The van der Waals surface area contributed by atoms with E-state index in [0.717, 1.165) is 16.7 Å². The number of ether oxygens (including phenoxy) is 2. The van der Waals surface area contributed by atoms with Gasteiger partial charge in [0.1, 0.15) is 40.6 Å². The van der Waals surface area contributed by atoms with Crippen LogP contribution in [0.1, 0.15) is 43.9 Å². The summed E-state index contributed by atoms with van der Waals surface area (Å²) in [4.78, 5) is 4.02. The quantitative estimate of drug-likeness (QED) is 0.193. The molecule has 0 aliphatic rings. The Labute approximate surface area is 202 Å². The van der Waals surface area contributed by atoms with Crippen molar-refractivity contribution in [2.45, 2.75) is 70.2 Å². The first-order valence-corrected chi connectivity index (χ1v) is 15.6. The molecule has 1 N–H and O–H groups in total. The summed E-state index contributed by atoms with van der Waals surface area (Å²) in [5, 5.41) is 0. The first-order valence-electron chi connectivity index (χ1n) is 10.8. The van der Waals surface area contributed by atoms with Gasteiger partial charge in [-0.25, -0.2) is 9.37 Å². The number of methoxy groups -OCH3 is 1. The molecular formula is C22H33F4N3O3SSi. The largest absolute Gasteiger partial charge is 0.598 e. The number of nitrogens with zero attached hydrogens (tertiary/aromatic N) is 2. The maximum absolute atomic E-state index is 14.2. The van der Waals surface area contributed by atoms with Crippen molar-refractivity contribution < 1.29 is 31.6 Å². The van der Waals surface area contributed by atoms with Crippen LogP contribution in [0, 0.1) is 5.82 Å². The Morgan fingerprint density at radius 2 is 1.85 bits per heavy atom. The van der Waals surface area contributed by atoms with Crippen molar-refractivity contribution in [3.8, 4) is 5.75 Å². The van der Waals surface area contributed by atoms with Crippen molar-refractivity contribution in [3.05, 3.63) is 47.3 Å². The molecule has 1 aromatic heterocycles. The van der Waals surface area contributed by atoms with E-state index in [1.807, 2.05) is 0 Å². The molecule has 2 unspecified atom stereocenters. The van der Waals surface area contributed by atoms with Crippen molar-refractivity contribution in [1.29, 1.82) is 0 Å². The number of benzene rings is 1. The molecule has 0 saturated carbocycles. The average molecular weight is 524 g/mol. The summed E-state index contributed by atoms with van der Waals surface area (Å²) in [5.41, 5.74) is -0.845. The maximum Gasteiger partial charge on any atom is 0.433 e. The zero-order valence-corrected chi connectivity index (χ0v) is 22.4. The minimum Gasteiger partial charge on any atom is -0.598 e. The Balaban J connectivity index is 2.59. The fourth-order valence-corrected chi connectivity index (χ4v) is 4.54. The number of alkyl halides is 3. The van der Waals surface area contributed by atoms with E-state index < -0.39 is 54.6 Å². The van der Waals surface area contributed by atoms with Crippen LogP contribution in [0.2, 0.25) is 25.7 Å². The van der Waals surface area contributed by atoms with E-state index >= 15 is 0 Å². The van der Waals surface area contributed by atoms with Gasteiger partial charge in [-0.15, -0.1) is 4.72 Å². The Kier molecular flexibility index (Phi) is 9.25. The van der Waals surface area contributed by atoms with E-state index in [-0.39, 0.29) is 17.1 Å². The van der Waals surface area contributed by atoms with E-state index in [9.17, 15) is 22.1 Å². The number of halogens is 4. The van der Waals surface area contributed by atoms with Gasteiger partial charge in [0.2, 0.25) is 0 Å². The molecule has 0 bridgehead atoms. The second kappa shape index (κ2) is 11.0. The monoisotopic (exact) mass is 523 g/mol. The fourth-order valence-electron chi connectivity index (χ4n) is 2.99. The van der Waals surface area contributed by atoms with E-state index in [2.05, 4.69) is 29.3 Å². The highest BCUT2D eigenvalue weighted by Crippen LogP contribution is 2.36. The Morgan fingerprint density at radius 1 is 1.21 bits per heavy atom. The topological polar surface area (TPSA) is 71.4 Å². The lowest BCUT2D eigenvalue weighted by molar-refractivity contribution is -0.146. The normalized spacial score (nSPS) is 14.8. The van der Waals surface area contributed by atoms with Crippen LogP contribution in [0.5, 0.6) is 5.75 Å². The molecule has 0 saturated heterocycles. The van der Waals surface area contributed by atoms with Crippen LogP contribution in [0.25, 0.3) is 0 Å². The molecule has 0 radical (unpaired) electrons. The zero-order chi connectivity index (χ0) is 25.9. The van der Waals surface area contributed by atoms with Gasteiger partial charge >= 0.3 is 6.18 Å². The molecule has 0 aliphatic heterocycles. The summed E-state index contributed by atoms with van der Waals surface area (Å²) in [7, 11) is -0.0992. The smallest absolute Gasteiger partial charge is 0.433 e. The third-order valence-electron chi connectivity index (χ3n) is 4.94. The highest BCUT2D eigenvalue weighted by atomic mass is 32.2. The van der Waals surface area contributed by atoms with Crippen molar-refractivity contribution in [2.24, 2.45) is 0 Å². The predicted octanol–water partition coefficient (Wildman–Crippen LogP) is 5.50. The van der Waals surface area contributed by atoms with Crippen LogP contribution >= 0.6 is 0 Å². The lowest BCUT2D eigenvalue weighted by atomic mass is 10.1. The van der Waals surface area contributed by atoms with Crippen LogP contribution < -0.4 is 9.46 Å². The number of hydrogen-bond acceptors (Lipinski definition) is 5. The van der Waals surface area contributed by atoms with Crippen molar-refractivity contribution in [3.63, 3.8) is 0 Å². The molecule has 2 rings (SSSR count). The summed E-state index contributed by atoms with van der Waals surface area (Å²) in [5.74, 6) is -0.515. The number of aromatic nitrogens is 2. The maximum atomic E-state index is 14.2. The Hall–Kier alpha value is -1.60.